The Morgan fingerprint density at radius 3 is 2.64 bits per heavy atom. The van der Waals surface area contributed by atoms with Crippen LogP contribution < -0.4 is 5.32 Å². The minimum atomic E-state index is -3.57. The van der Waals surface area contributed by atoms with Crippen LogP contribution in [0, 0.1) is 11.3 Å². The molecule has 2 rings (SSSR count). The third kappa shape index (κ3) is 3.82. The average Bonchev–Trinajstić information content (AvgIpc) is 2.48. The second-order valence-electron chi connectivity index (χ2n) is 5.12. The Morgan fingerprint density at radius 2 is 2.00 bits per heavy atom. The van der Waals surface area contributed by atoms with Crippen molar-refractivity contribution in [3.63, 3.8) is 0 Å². The van der Waals surface area contributed by atoms with Gasteiger partial charge in [0.1, 0.15) is 6.42 Å². The maximum Gasteiger partial charge on any atom is 0.243 e. The number of hydrogen-bond donors (Lipinski definition) is 1. The van der Waals surface area contributed by atoms with Crippen LogP contribution in [0.25, 0.3) is 0 Å². The van der Waals surface area contributed by atoms with Crippen molar-refractivity contribution in [1.29, 1.82) is 5.26 Å². The van der Waals surface area contributed by atoms with E-state index in [9.17, 15) is 13.2 Å². The molecule has 0 bridgehead atoms. The van der Waals surface area contributed by atoms with Crippen LogP contribution in [-0.4, -0.2) is 56.8 Å². The molecule has 1 amide bonds. The molecule has 1 saturated heterocycles. The molecular weight excluding hydrogens is 304 g/mol. The Morgan fingerprint density at radius 1 is 1.32 bits per heavy atom. The van der Waals surface area contributed by atoms with Gasteiger partial charge in [0.2, 0.25) is 15.9 Å². The summed E-state index contributed by atoms with van der Waals surface area (Å²) in [7, 11) is -1.61. The van der Waals surface area contributed by atoms with Gasteiger partial charge in [0.25, 0.3) is 0 Å². The topological polar surface area (TPSA) is 93.5 Å². The van der Waals surface area contributed by atoms with E-state index >= 15 is 0 Å². The molecule has 0 spiro atoms. The highest BCUT2D eigenvalue weighted by molar-refractivity contribution is 7.89. The second kappa shape index (κ2) is 6.87. The van der Waals surface area contributed by atoms with Crippen molar-refractivity contribution >= 4 is 21.6 Å². The van der Waals surface area contributed by atoms with E-state index in [0.717, 1.165) is 0 Å². The smallest absolute Gasteiger partial charge is 0.243 e. The molecule has 1 aliphatic rings. The van der Waals surface area contributed by atoms with Gasteiger partial charge in [-0.15, -0.1) is 0 Å². The van der Waals surface area contributed by atoms with Crippen molar-refractivity contribution in [1.82, 2.24) is 9.21 Å². The molecule has 0 saturated carbocycles. The summed E-state index contributed by atoms with van der Waals surface area (Å²) in [5.41, 5.74) is 0.371. The highest BCUT2D eigenvalue weighted by atomic mass is 32.2. The predicted octanol–water partition coefficient (Wildman–Crippen LogP) is 0.475. The van der Waals surface area contributed by atoms with Crippen molar-refractivity contribution in [3.05, 3.63) is 24.3 Å². The van der Waals surface area contributed by atoms with Crippen LogP contribution in [0.3, 0.4) is 0 Å². The highest BCUT2D eigenvalue weighted by Crippen LogP contribution is 2.20. The number of nitrogens with zero attached hydrogens (tertiary/aromatic N) is 3. The predicted molar refractivity (Wildman–Crippen MR) is 81.6 cm³/mol. The number of anilines is 1. The van der Waals surface area contributed by atoms with Gasteiger partial charge in [-0.05, 0) is 25.2 Å². The van der Waals surface area contributed by atoms with Gasteiger partial charge in [0.05, 0.1) is 11.0 Å². The molecule has 118 valence electrons. The summed E-state index contributed by atoms with van der Waals surface area (Å²) in [6.45, 7) is 2.28. The third-order valence-electron chi connectivity index (χ3n) is 3.46. The summed E-state index contributed by atoms with van der Waals surface area (Å²) >= 11 is 0. The molecule has 0 aliphatic carbocycles. The molecular formula is C14H18N4O3S. The van der Waals surface area contributed by atoms with Crippen LogP contribution in [0.5, 0.6) is 0 Å². The van der Waals surface area contributed by atoms with Gasteiger partial charge >= 0.3 is 0 Å². The summed E-state index contributed by atoms with van der Waals surface area (Å²) in [5, 5.41) is 11.0. The van der Waals surface area contributed by atoms with Crippen LogP contribution >= 0.6 is 0 Å². The van der Waals surface area contributed by atoms with Crippen molar-refractivity contribution < 1.29 is 13.2 Å². The largest absolute Gasteiger partial charge is 0.325 e. The van der Waals surface area contributed by atoms with Crippen LogP contribution in [0.1, 0.15) is 6.42 Å². The number of likely N-dealkylation sites (N-methyl/N-ethyl adjacent to an activating group) is 1. The lowest BCUT2D eigenvalue weighted by Gasteiger charge is -2.31. The standard InChI is InChI=1S/C14H18N4O3S/c1-17-7-9-18(10-8-17)22(20,21)13-4-2-3-12(11-13)16-14(19)5-6-15/h2-4,11H,5,7-10H2,1H3,(H,16,19). The van der Waals surface area contributed by atoms with E-state index in [1.165, 1.54) is 16.4 Å². The molecule has 1 aromatic carbocycles. The molecule has 0 atom stereocenters. The Bertz CT molecular complexity index is 688. The Hall–Kier alpha value is -1.95. The third-order valence-corrected chi connectivity index (χ3v) is 5.35. The number of amides is 1. The lowest BCUT2D eigenvalue weighted by molar-refractivity contribution is -0.115. The van der Waals surface area contributed by atoms with Crippen LogP contribution in [0.15, 0.2) is 29.2 Å². The van der Waals surface area contributed by atoms with Crippen molar-refractivity contribution in [2.24, 2.45) is 0 Å². The number of carbonyl (C=O) groups excluding carboxylic acids is 1. The monoisotopic (exact) mass is 322 g/mol. The highest BCUT2D eigenvalue weighted by Gasteiger charge is 2.27. The minimum Gasteiger partial charge on any atom is -0.325 e. The maximum atomic E-state index is 12.6. The molecule has 22 heavy (non-hydrogen) atoms. The lowest BCUT2D eigenvalue weighted by atomic mass is 10.3. The molecule has 1 heterocycles. The van der Waals surface area contributed by atoms with Crippen LogP contribution in [0.4, 0.5) is 5.69 Å². The molecule has 1 aliphatic heterocycles. The number of nitrogens with one attached hydrogen (secondary N) is 1. The van der Waals surface area contributed by atoms with E-state index < -0.39 is 15.9 Å². The maximum absolute atomic E-state index is 12.6. The first-order chi connectivity index (χ1) is 10.4. The fraction of sp³-hybridized carbons (Fsp3) is 0.429. The molecule has 8 heteroatoms. The van der Waals surface area contributed by atoms with Crippen molar-refractivity contribution in [2.75, 3.05) is 38.5 Å². The van der Waals surface area contributed by atoms with Crippen LogP contribution in [-0.2, 0) is 14.8 Å². The number of piperazine rings is 1. The summed E-state index contributed by atoms with van der Waals surface area (Å²) in [6, 6.07) is 7.84. The molecule has 0 radical (unpaired) electrons. The molecule has 0 unspecified atom stereocenters. The lowest BCUT2D eigenvalue weighted by Crippen LogP contribution is -2.47. The zero-order valence-electron chi connectivity index (χ0n) is 12.3. The molecule has 1 aromatic rings. The number of sulfonamides is 1. The zero-order valence-corrected chi connectivity index (χ0v) is 13.1. The molecule has 0 aromatic heterocycles. The van der Waals surface area contributed by atoms with Crippen LogP contribution in [0.2, 0.25) is 0 Å². The normalized spacial score (nSPS) is 16.9. The Kier molecular flexibility index (Phi) is 5.13. The van der Waals surface area contributed by atoms with E-state index in [4.69, 9.17) is 5.26 Å². The van der Waals surface area contributed by atoms with E-state index in [1.54, 1.807) is 18.2 Å². The van der Waals surface area contributed by atoms with Crippen molar-refractivity contribution in [3.8, 4) is 6.07 Å². The average molecular weight is 322 g/mol. The number of nitriles is 1. The van der Waals surface area contributed by atoms with Gasteiger partial charge in [0.15, 0.2) is 0 Å². The van der Waals surface area contributed by atoms with Gasteiger partial charge < -0.3 is 10.2 Å². The van der Waals surface area contributed by atoms with E-state index in [0.29, 0.717) is 31.9 Å². The van der Waals surface area contributed by atoms with Gasteiger partial charge in [-0.25, -0.2) is 8.42 Å². The van der Waals surface area contributed by atoms with Gasteiger partial charge in [-0.1, -0.05) is 6.07 Å². The number of carbonyl (C=O) groups is 1. The Balaban J connectivity index is 2.18. The summed E-state index contributed by atoms with van der Waals surface area (Å²) in [6.07, 6.45) is -0.268. The second-order valence-corrected chi connectivity index (χ2v) is 7.06. The van der Waals surface area contributed by atoms with Gasteiger partial charge in [-0.2, -0.15) is 9.57 Å². The SMILES string of the molecule is CN1CCN(S(=O)(=O)c2cccc(NC(=O)CC#N)c2)CC1. The summed E-state index contributed by atoms with van der Waals surface area (Å²) < 4.78 is 26.6. The number of rotatable bonds is 4. The first kappa shape index (κ1) is 16.4. The first-order valence-electron chi connectivity index (χ1n) is 6.89. The first-order valence-corrected chi connectivity index (χ1v) is 8.33. The van der Waals surface area contributed by atoms with Gasteiger partial charge in [0, 0.05) is 31.9 Å². The Labute approximate surface area is 130 Å². The number of hydrogen-bond acceptors (Lipinski definition) is 5. The quantitative estimate of drug-likeness (QED) is 0.870. The molecule has 1 N–H and O–H groups in total. The summed E-state index contributed by atoms with van der Waals surface area (Å²) in [5.74, 6) is -0.461. The summed E-state index contributed by atoms with van der Waals surface area (Å²) in [4.78, 5) is 13.6. The van der Waals surface area contributed by atoms with E-state index in [1.807, 2.05) is 7.05 Å². The fourth-order valence-corrected chi connectivity index (χ4v) is 3.66. The van der Waals surface area contributed by atoms with E-state index in [-0.39, 0.29) is 11.3 Å². The van der Waals surface area contributed by atoms with Gasteiger partial charge in [-0.3, -0.25) is 4.79 Å². The fourth-order valence-electron chi connectivity index (χ4n) is 2.19. The molecule has 7 nitrogen and oxygen atoms in total. The minimum absolute atomic E-state index is 0.145. The van der Waals surface area contributed by atoms with Crippen molar-refractivity contribution in [2.45, 2.75) is 11.3 Å². The number of benzene rings is 1. The zero-order chi connectivity index (χ0) is 16.2. The van der Waals surface area contributed by atoms with E-state index in [2.05, 4.69) is 10.2 Å². The molecule has 1 fully saturated rings.